The van der Waals surface area contributed by atoms with E-state index < -0.39 is 42.5 Å². The summed E-state index contributed by atoms with van der Waals surface area (Å²) in [5, 5.41) is 34.4. The van der Waals surface area contributed by atoms with Gasteiger partial charge >= 0.3 is 11.9 Å². The molecule has 256 valence electrons. The summed E-state index contributed by atoms with van der Waals surface area (Å²) >= 11 is 0. The molecule has 46 heavy (non-hydrogen) atoms. The fourth-order valence-corrected chi connectivity index (χ4v) is 4.25. The molecule has 0 saturated heterocycles. The van der Waals surface area contributed by atoms with Crippen molar-refractivity contribution in [1.29, 1.82) is 0 Å². The Labute approximate surface area is 274 Å². The normalized spacial score (nSPS) is 13.8. The first-order valence-corrected chi connectivity index (χ1v) is 16.0. The second-order valence-corrected chi connectivity index (χ2v) is 10.4. The first-order valence-electron chi connectivity index (χ1n) is 16.0. The number of carboxylic acid groups (broad SMARTS) is 1. The molecule has 0 bridgehead atoms. The van der Waals surface area contributed by atoms with Gasteiger partial charge in [-0.2, -0.15) is 0 Å². The van der Waals surface area contributed by atoms with Gasteiger partial charge in [0.05, 0.1) is 20.3 Å². The molecule has 0 radical (unpaired) electrons. The van der Waals surface area contributed by atoms with Gasteiger partial charge in [0.1, 0.15) is 5.54 Å². The van der Waals surface area contributed by atoms with Crippen LogP contribution in [0.1, 0.15) is 77.6 Å². The van der Waals surface area contributed by atoms with Gasteiger partial charge in [0, 0.05) is 31.0 Å². The molecule has 5 N–H and O–H groups in total. The van der Waals surface area contributed by atoms with Crippen LogP contribution in [0.3, 0.4) is 0 Å². The van der Waals surface area contributed by atoms with Crippen molar-refractivity contribution in [1.82, 2.24) is 10.6 Å². The van der Waals surface area contributed by atoms with Gasteiger partial charge in [0.25, 0.3) is 0 Å². The van der Waals surface area contributed by atoms with Crippen molar-refractivity contribution in [2.45, 2.75) is 83.1 Å². The van der Waals surface area contributed by atoms with Gasteiger partial charge in [-0.15, -0.1) is 0 Å². The van der Waals surface area contributed by atoms with E-state index in [1.54, 1.807) is 0 Å². The summed E-state index contributed by atoms with van der Waals surface area (Å²) in [6.07, 6.45) is 34.3. The molecule has 0 aromatic carbocycles. The number of hydrogen-bond acceptors (Lipinski definition) is 7. The molecule has 0 aromatic heterocycles. The Hall–Kier alpha value is -4.02. The van der Waals surface area contributed by atoms with E-state index in [-0.39, 0.29) is 18.7 Å². The van der Waals surface area contributed by atoms with Crippen molar-refractivity contribution in [2.24, 2.45) is 5.92 Å². The number of carbonyl (C=O) groups is 4. The van der Waals surface area contributed by atoms with Crippen LogP contribution in [0.2, 0.25) is 0 Å². The van der Waals surface area contributed by atoms with E-state index in [9.17, 15) is 34.5 Å². The highest BCUT2D eigenvalue weighted by molar-refractivity contribution is 5.97. The van der Waals surface area contributed by atoms with Crippen molar-refractivity contribution in [3.8, 4) is 0 Å². The zero-order chi connectivity index (χ0) is 34.3. The Morgan fingerprint density at radius 3 is 1.70 bits per heavy atom. The fraction of sp³-hybridized carbons (Fsp3) is 0.500. The molecule has 0 unspecified atom stereocenters. The lowest BCUT2D eigenvalue weighted by atomic mass is 9.80. The number of aliphatic hydroxyl groups excluding tert-OH is 2. The van der Waals surface area contributed by atoms with Crippen molar-refractivity contribution in [2.75, 3.05) is 26.9 Å². The Bertz CT molecular complexity index is 1080. The number of nitrogens with one attached hydrogen (secondary N) is 2. The first kappa shape index (κ1) is 42.0. The number of allylic oxidation sites excluding steroid dienone is 12. The number of methoxy groups -OCH3 is 1. The Morgan fingerprint density at radius 2 is 1.24 bits per heavy atom. The molecule has 0 rings (SSSR count). The molecule has 0 saturated carbocycles. The zero-order valence-corrected chi connectivity index (χ0v) is 27.4. The molecule has 10 nitrogen and oxygen atoms in total. The van der Waals surface area contributed by atoms with E-state index in [4.69, 9.17) is 0 Å². The molecule has 2 amide bonds. The standard InChI is InChI=1S/C36H54N2O8/c1-3-4-5-6-7-8-9-10-11-12-13-14-15-16-17-18-19-20-21-24-32(41)37-28-23-22-27-36(35(44)45,31(29-39)30-40)38-33(42)25-26-34(43)46-2/h4-5,7-8,10-11,13-14,16-17,19-20,25-26,31,39-40H,3,6,9,12,15,18,21-24,27-30H2,1-2H3,(H,37,41)(H,38,42)(H,44,45)/t36-/m0/s1. The van der Waals surface area contributed by atoms with Crippen LogP contribution in [0.4, 0.5) is 0 Å². The molecule has 1 atom stereocenters. The van der Waals surface area contributed by atoms with Crippen molar-refractivity contribution in [3.05, 3.63) is 85.1 Å². The monoisotopic (exact) mass is 642 g/mol. The number of ether oxygens (including phenoxy) is 1. The predicted octanol–water partition coefficient (Wildman–Crippen LogP) is 5.02. The summed E-state index contributed by atoms with van der Waals surface area (Å²) in [7, 11) is 1.13. The largest absolute Gasteiger partial charge is 0.479 e. The molecule has 0 aliphatic heterocycles. The minimum absolute atomic E-state index is 0.111. The van der Waals surface area contributed by atoms with Gasteiger partial charge in [-0.25, -0.2) is 9.59 Å². The predicted molar refractivity (Wildman–Crippen MR) is 182 cm³/mol. The van der Waals surface area contributed by atoms with Crippen LogP contribution in [0.15, 0.2) is 85.1 Å². The highest BCUT2D eigenvalue weighted by Gasteiger charge is 2.46. The molecule has 0 aliphatic rings. The van der Waals surface area contributed by atoms with Crippen molar-refractivity contribution >= 4 is 23.8 Å². The van der Waals surface area contributed by atoms with Gasteiger partial charge in [0.2, 0.25) is 11.8 Å². The zero-order valence-electron chi connectivity index (χ0n) is 27.4. The van der Waals surface area contributed by atoms with Crippen LogP contribution in [0.25, 0.3) is 0 Å². The number of carboxylic acids is 1. The first-order chi connectivity index (χ1) is 22.3. The van der Waals surface area contributed by atoms with Gasteiger partial charge in [-0.1, -0.05) is 79.8 Å². The van der Waals surface area contributed by atoms with Gasteiger partial charge in [-0.3, -0.25) is 9.59 Å². The van der Waals surface area contributed by atoms with E-state index >= 15 is 0 Å². The fourth-order valence-electron chi connectivity index (χ4n) is 4.25. The molecule has 0 fully saturated rings. The van der Waals surface area contributed by atoms with E-state index in [0.29, 0.717) is 25.8 Å². The number of amides is 2. The summed E-state index contributed by atoms with van der Waals surface area (Å²) in [6.45, 7) is 1.06. The lowest BCUT2D eigenvalue weighted by Crippen LogP contribution is -2.61. The number of esters is 1. The minimum atomic E-state index is -1.97. The molecule has 0 heterocycles. The topological polar surface area (TPSA) is 162 Å². The quantitative estimate of drug-likeness (QED) is 0.0380. The number of rotatable bonds is 26. The average molecular weight is 643 g/mol. The summed E-state index contributed by atoms with van der Waals surface area (Å²) in [5.74, 6) is -4.43. The molecular formula is C36H54N2O8. The van der Waals surface area contributed by atoms with E-state index in [0.717, 1.165) is 57.8 Å². The second kappa shape index (κ2) is 28.5. The van der Waals surface area contributed by atoms with Gasteiger partial charge in [-0.05, 0) is 64.2 Å². The highest BCUT2D eigenvalue weighted by Crippen LogP contribution is 2.25. The SMILES string of the molecule is CCC=CCC=CCC=CCC=CCC=CCC=CCCC(=O)NCCCC[C@@](NC(=O)C=CC(=O)OC)(C(=O)O)C(CO)CO. The third kappa shape index (κ3) is 20.8. The molecule has 0 spiro atoms. The second-order valence-electron chi connectivity index (χ2n) is 10.4. The summed E-state index contributed by atoms with van der Waals surface area (Å²) < 4.78 is 4.41. The number of aliphatic carboxylic acids is 1. The maximum Gasteiger partial charge on any atom is 0.330 e. The molecule has 10 heteroatoms. The van der Waals surface area contributed by atoms with E-state index in [1.807, 2.05) is 12.2 Å². The van der Waals surface area contributed by atoms with Gasteiger partial charge < -0.3 is 30.7 Å². The lowest BCUT2D eigenvalue weighted by Gasteiger charge is -2.36. The maximum absolute atomic E-state index is 12.3. The van der Waals surface area contributed by atoms with E-state index in [1.165, 1.54) is 0 Å². The minimum Gasteiger partial charge on any atom is -0.479 e. The number of aliphatic hydroxyl groups is 2. The third-order valence-electron chi connectivity index (χ3n) is 6.89. The maximum atomic E-state index is 12.3. The molecule has 0 aromatic rings. The number of carbonyl (C=O) groups excluding carboxylic acids is 3. The van der Waals surface area contributed by atoms with Crippen LogP contribution in [-0.4, -0.2) is 71.5 Å². The Balaban J connectivity index is 4.33. The van der Waals surface area contributed by atoms with Crippen LogP contribution in [0, 0.1) is 5.92 Å². The summed E-state index contributed by atoms with van der Waals surface area (Å²) in [4.78, 5) is 47.9. The number of hydrogen-bond donors (Lipinski definition) is 5. The summed E-state index contributed by atoms with van der Waals surface area (Å²) in [5.41, 5.74) is -1.97. The third-order valence-corrected chi connectivity index (χ3v) is 6.89. The van der Waals surface area contributed by atoms with Crippen molar-refractivity contribution < 1.29 is 39.2 Å². The van der Waals surface area contributed by atoms with Crippen LogP contribution in [-0.2, 0) is 23.9 Å². The highest BCUT2D eigenvalue weighted by atomic mass is 16.5. The Morgan fingerprint density at radius 1 is 0.739 bits per heavy atom. The lowest BCUT2D eigenvalue weighted by molar-refractivity contribution is -0.152. The van der Waals surface area contributed by atoms with Crippen LogP contribution < -0.4 is 10.6 Å². The van der Waals surface area contributed by atoms with E-state index in [2.05, 4.69) is 83.1 Å². The van der Waals surface area contributed by atoms with Crippen LogP contribution >= 0.6 is 0 Å². The number of unbranched alkanes of at least 4 members (excludes halogenated alkanes) is 1. The summed E-state index contributed by atoms with van der Waals surface area (Å²) in [6, 6.07) is 0. The van der Waals surface area contributed by atoms with Gasteiger partial charge in [0.15, 0.2) is 0 Å². The molecule has 0 aliphatic carbocycles. The average Bonchev–Trinajstić information content (AvgIpc) is 3.04. The van der Waals surface area contributed by atoms with Crippen molar-refractivity contribution in [3.63, 3.8) is 0 Å². The van der Waals surface area contributed by atoms with Crippen LogP contribution in [0.5, 0.6) is 0 Å². The molecular weight excluding hydrogens is 588 g/mol. The Kier molecular flexibility index (Phi) is 26.0. The smallest absolute Gasteiger partial charge is 0.330 e.